The van der Waals surface area contributed by atoms with Gasteiger partial charge in [-0.15, -0.1) is 0 Å². The van der Waals surface area contributed by atoms with Crippen LogP contribution in [0.1, 0.15) is 23.6 Å². The van der Waals surface area contributed by atoms with Gasteiger partial charge in [-0.1, -0.05) is 59.6 Å². The molecule has 3 aromatic carbocycles. The van der Waals surface area contributed by atoms with E-state index >= 15 is 0 Å². The van der Waals surface area contributed by atoms with Crippen molar-refractivity contribution in [3.05, 3.63) is 99.5 Å². The van der Waals surface area contributed by atoms with Crippen molar-refractivity contribution in [2.24, 2.45) is 0 Å². The number of carboxylic acid groups (broad SMARTS) is 1. The minimum atomic E-state index is -3.81. The number of carbonyl (C=O) groups is 1. The van der Waals surface area contributed by atoms with Crippen LogP contribution >= 0.6 is 23.2 Å². The summed E-state index contributed by atoms with van der Waals surface area (Å²) in [5.41, 5.74) is 1.82. The summed E-state index contributed by atoms with van der Waals surface area (Å²) >= 11 is 12.2. The maximum Gasteiger partial charge on any atom is 0.374 e. The number of alkyl halides is 2. The number of hydrogen-bond acceptors (Lipinski definition) is 3. The lowest BCUT2D eigenvalue weighted by atomic mass is 9.83. The number of ether oxygens (including phenoxy) is 1. The molecule has 1 N–H and O–H groups in total. The largest absolute Gasteiger partial charge is 0.492 e. The number of rotatable bonds is 10. The van der Waals surface area contributed by atoms with Crippen molar-refractivity contribution in [3.63, 3.8) is 0 Å². The molecule has 0 aliphatic carbocycles. The SMILES string of the molecule is CN(CCOc1ccc(CC(F)(F)C(=O)O)cc1)C(C)(c1ccc(Cl)cc1)c1ccc(Cl)cc1. The van der Waals surface area contributed by atoms with Crippen LogP contribution in [0.2, 0.25) is 10.0 Å². The molecule has 0 aliphatic heterocycles. The summed E-state index contributed by atoms with van der Waals surface area (Å²) in [6.45, 7) is 3.01. The summed E-state index contributed by atoms with van der Waals surface area (Å²) in [6, 6.07) is 21.4. The van der Waals surface area contributed by atoms with Crippen molar-refractivity contribution in [2.45, 2.75) is 24.8 Å². The van der Waals surface area contributed by atoms with Crippen LogP contribution in [-0.2, 0) is 16.8 Å². The molecule has 0 radical (unpaired) electrons. The van der Waals surface area contributed by atoms with Gasteiger partial charge in [-0.2, -0.15) is 8.78 Å². The molecule has 3 rings (SSSR count). The topological polar surface area (TPSA) is 49.8 Å². The Hall–Kier alpha value is -2.67. The first-order chi connectivity index (χ1) is 16.0. The third-order valence-electron chi connectivity index (χ3n) is 5.93. The quantitative estimate of drug-likeness (QED) is 0.338. The molecule has 0 aromatic heterocycles. The van der Waals surface area contributed by atoms with Crippen LogP contribution in [0.25, 0.3) is 0 Å². The molecule has 3 aromatic rings. The average Bonchev–Trinajstić information content (AvgIpc) is 2.80. The molecule has 0 amide bonds. The Morgan fingerprint density at radius 3 is 1.82 bits per heavy atom. The van der Waals surface area contributed by atoms with Gasteiger partial charge in [0.2, 0.25) is 0 Å². The van der Waals surface area contributed by atoms with Crippen molar-refractivity contribution in [2.75, 3.05) is 20.2 Å². The van der Waals surface area contributed by atoms with Gasteiger partial charge >= 0.3 is 11.9 Å². The number of likely N-dealkylation sites (N-methyl/N-ethyl adjacent to an activating group) is 1. The zero-order chi connectivity index (χ0) is 24.9. The summed E-state index contributed by atoms with van der Waals surface area (Å²) < 4.78 is 32.6. The van der Waals surface area contributed by atoms with E-state index in [-0.39, 0.29) is 5.56 Å². The van der Waals surface area contributed by atoms with Crippen molar-refractivity contribution in [1.29, 1.82) is 0 Å². The highest BCUT2D eigenvalue weighted by atomic mass is 35.5. The lowest BCUT2D eigenvalue weighted by Crippen LogP contribution is -2.44. The van der Waals surface area contributed by atoms with Crippen LogP contribution in [0.5, 0.6) is 5.75 Å². The van der Waals surface area contributed by atoms with E-state index in [1.807, 2.05) is 55.6 Å². The van der Waals surface area contributed by atoms with Gasteiger partial charge in [-0.25, -0.2) is 4.79 Å². The Kier molecular flexibility index (Phi) is 8.18. The normalized spacial score (nSPS) is 12.1. The third kappa shape index (κ3) is 6.06. The Labute approximate surface area is 207 Å². The molecule has 0 saturated heterocycles. The van der Waals surface area contributed by atoms with E-state index in [4.69, 9.17) is 33.0 Å². The maximum absolute atomic E-state index is 13.4. The molecule has 0 aliphatic rings. The number of benzene rings is 3. The Morgan fingerprint density at radius 2 is 1.38 bits per heavy atom. The first kappa shape index (κ1) is 25.9. The van der Waals surface area contributed by atoms with Crippen LogP contribution in [0.4, 0.5) is 8.78 Å². The standard InChI is InChI=1S/C26H25Cl2F2NO3/c1-25(19-5-9-21(27)10-6-19,20-7-11-22(28)12-8-20)31(2)15-16-34-23-13-3-18(4-14-23)17-26(29,30)24(32)33/h3-14H,15-17H2,1-2H3,(H,32,33). The lowest BCUT2D eigenvalue weighted by molar-refractivity contribution is -0.164. The monoisotopic (exact) mass is 507 g/mol. The van der Waals surface area contributed by atoms with Crippen LogP contribution in [0.3, 0.4) is 0 Å². The van der Waals surface area contributed by atoms with E-state index in [0.717, 1.165) is 11.1 Å². The van der Waals surface area contributed by atoms with Gasteiger partial charge in [0.15, 0.2) is 0 Å². The van der Waals surface area contributed by atoms with Crippen molar-refractivity contribution in [3.8, 4) is 5.75 Å². The predicted octanol–water partition coefficient (Wildman–Crippen LogP) is 6.53. The number of halogens is 4. The first-order valence-electron chi connectivity index (χ1n) is 10.6. The zero-order valence-electron chi connectivity index (χ0n) is 18.8. The van der Waals surface area contributed by atoms with Gasteiger partial charge in [0, 0.05) is 23.0 Å². The molecular formula is C26H25Cl2F2NO3. The molecule has 180 valence electrons. The molecule has 0 bridgehead atoms. The van der Waals surface area contributed by atoms with Gasteiger partial charge in [0.25, 0.3) is 0 Å². The van der Waals surface area contributed by atoms with Gasteiger partial charge in [-0.05, 0) is 67.1 Å². The summed E-state index contributed by atoms with van der Waals surface area (Å²) in [5, 5.41) is 9.89. The zero-order valence-corrected chi connectivity index (χ0v) is 20.3. The molecule has 0 saturated carbocycles. The number of aliphatic carboxylic acids is 1. The highest BCUT2D eigenvalue weighted by molar-refractivity contribution is 6.30. The second-order valence-electron chi connectivity index (χ2n) is 8.19. The van der Waals surface area contributed by atoms with E-state index in [1.165, 1.54) is 12.1 Å². The summed E-state index contributed by atoms with van der Waals surface area (Å²) in [7, 11) is 1.99. The summed E-state index contributed by atoms with van der Waals surface area (Å²) in [6.07, 6.45) is -0.869. The fourth-order valence-corrected chi connectivity index (χ4v) is 3.97. The fourth-order valence-electron chi connectivity index (χ4n) is 3.72. The van der Waals surface area contributed by atoms with E-state index in [2.05, 4.69) is 11.8 Å². The average molecular weight is 508 g/mol. The summed E-state index contributed by atoms with van der Waals surface area (Å²) in [4.78, 5) is 12.8. The Morgan fingerprint density at radius 1 is 0.912 bits per heavy atom. The molecule has 0 unspecified atom stereocenters. The molecule has 0 heterocycles. The first-order valence-corrected chi connectivity index (χ1v) is 11.3. The Balaban J connectivity index is 1.70. The molecule has 34 heavy (non-hydrogen) atoms. The Bertz CT molecular complexity index is 1060. The number of nitrogens with zero attached hydrogens (tertiary/aromatic N) is 1. The second-order valence-corrected chi connectivity index (χ2v) is 9.06. The van der Waals surface area contributed by atoms with Crippen molar-refractivity contribution in [1.82, 2.24) is 4.90 Å². The van der Waals surface area contributed by atoms with E-state index in [9.17, 15) is 13.6 Å². The predicted molar refractivity (Wildman–Crippen MR) is 130 cm³/mol. The van der Waals surface area contributed by atoms with Crippen LogP contribution in [-0.4, -0.2) is 42.1 Å². The van der Waals surface area contributed by atoms with Gasteiger partial charge < -0.3 is 9.84 Å². The van der Waals surface area contributed by atoms with Crippen LogP contribution < -0.4 is 4.74 Å². The molecule has 0 fully saturated rings. The van der Waals surface area contributed by atoms with Crippen molar-refractivity contribution >= 4 is 29.2 Å². The van der Waals surface area contributed by atoms with E-state index < -0.39 is 23.9 Å². The third-order valence-corrected chi connectivity index (χ3v) is 6.44. The minimum Gasteiger partial charge on any atom is -0.492 e. The van der Waals surface area contributed by atoms with Crippen LogP contribution in [0.15, 0.2) is 72.8 Å². The van der Waals surface area contributed by atoms with Crippen LogP contribution in [0, 0.1) is 0 Å². The van der Waals surface area contributed by atoms with E-state index in [0.29, 0.717) is 28.9 Å². The van der Waals surface area contributed by atoms with E-state index in [1.54, 1.807) is 12.1 Å². The highest BCUT2D eigenvalue weighted by Crippen LogP contribution is 2.36. The van der Waals surface area contributed by atoms with Crippen molar-refractivity contribution < 1.29 is 23.4 Å². The maximum atomic E-state index is 13.4. The number of carboxylic acids is 1. The molecule has 0 atom stereocenters. The molecule has 8 heteroatoms. The molecule has 0 spiro atoms. The second kappa shape index (κ2) is 10.7. The van der Waals surface area contributed by atoms with Gasteiger partial charge in [-0.3, -0.25) is 4.90 Å². The highest BCUT2D eigenvalue weighted by Gasteiger charge is 2.38. The smallest absolute Gasteiger partial charge is 0.374 e. The summed E-state index contributed by atoms with van der Waals surface area (Å²) in [5.74, 6) is -5.44. The molecule has 4 nitrogen and oxygen atoms in total. The van der Waals surface area contributed by atoms with Gasteiger partial charge in [0.05, 0.1) is 5.54 Å². The number of hydrogen-bond donors (Lipinski definition) is 1. The lowest BCUT2D eigenvalue weighted by Gasteiger charge is -2.40. The minimum absolute atomic E-state index is 0.218. The van der Waals surface area contributed by atoms with Gasteiger partial charge in [0.1, 0.15) is 12.4 Å². The molecular weight excluding hydrogens is 483 g/mol. The fraction of sp³-hybridized carbons (Fsp3) is 0.269.